The van der Waals surface area contributed by atoms with Crippen molar-refractivity contribution in [2.45, 2.75) is 17.6 Å². The minimum absolute atomic E-state index is 0.112. The first-order valence-corrected chi connectivity index (χ1v) is 7.56. The molecule has 0 bridgehead atoms. The molecule has 0 atom stereocenters. The molecular formula is C10H13N3O3S2. The molecule has 0 aliphatic carbocycles. The number of nitrogens with one attached hydrogen (secondary N) is 1. The number of nitrogens with two attached hydrogens (primary N) is 1. The van der Waals surface area contributed by atoms with Crippen LogP contribution in [0.3, 0.4) is 0 Å². The van der Waals surface area contributed by atoms with E-state index in [4.69, 9.17) is 10.3 Å². The average molecular weight is 287 g/mol. The lowest BCUT2D eigenvalue weighted by atomic mass is 10.3. The summed E-state index contributed by atoms with van der Waals surface area (Å²) in [6.07, 6.45) is 0.668. The maximum atomic E-state index is 12.0. The van der Waals surface area contributed by atoms with Crippen molar-refractivity contribution < 1.29 is 12.9 Å². The molecule has 0 saturated carbocycles. The highest BCUT2D eigenvalue weighted by Crippen LogP contribution is 2.24. The van der Waals surface area contributed by atoms with E-state index < -0.39 is 10.0 Å². The van der Waals surface area contributed by atoms with Crippen LogP contribution in [0.15, 0.2) is 26.9 Å². The van der Waals surface area contributed by atoms with E-state index in [2.05, 4.69) is 9.88 Å². The van der Waals surface area contributed by atoms with Gasteiger partial charge in [0.1, 0.15) is 4.21 Å². The number of aryl methyl sites for hydroxylation is 1. The molecule has 0 radical (unpaired) electrons. The van der Waals surface area contributed by atoms with Crippen molar-refractivity contribution in [2.24, 2.45) is 5.73 Å². The highest BCUT2D eigenvalue weighted by Gasteiger charge is 2.18. The normalized spacial score (nSPS) is 11.7. The summed E-state index contributed by atoms with van der Waals surface area (Å²) in [6.45, 7) is 2.21. The molecule has 0 amide bonds. The van der Waals surface area contributed by atoms with E-state index in [0.717, 1.165) is 4.88 Å². The number of hydrogen-bond donors (Lipinski definition) is 2. The molecule has 0 saturated heterocycles. The van der Waals surface area contributed by atoms with Crippen molar-refractivity contribution in [3.05, 3.63) is 28.8 Å². The van der Waals surface area contributed by atoms with Gasteiger partial charge in [0.25, 0.3) is 10.0 Å². The number of hydrogen-bond acceptors (Lipinski definition) is 6. The van der Waals surface area contributed by atoms with Gasteiger partial charge in [0, 0.05) is 10.9 Å². The van der Waals surface area contributed by atoms with Crippen molar-refractivity contribution >= 4 is 27.2 Å². The van der Waals surface area contributed by atoms with Gasteiger partial charge < -0.3 is 10.3 Å². The number of nitrogens with zero attached hydrogens (tertiary/aromatic N) is 1. The molecule has 0 aromatic carbocycles. The first kappa shape index (κ1) is 13.1. The SMILES string of the molecule is Cc1cc(NS(=O)(=O)c2ccc(CCN)s2)on1. The van der Waals surface area contributed by atoms with Crippen LogP contribution in [-0.4, -0.2) is 20.1 Å². The zero-order valence-corrected chi connectivity index (χ0v) is 11.3. The minimum Gasteiger partial charge on any atom is -0.338 e. The molecule has 3 N–H and O–H groups in total. The summed E-state index contributed by atoms with van der Waals surface area (Å²) in [5, 5.41) is 3.61. The Morgan fingerprint density at radius 2 is 2.28 bits per heavy atom. The summed E-state index contributed by atoms with van der Waals surface area (Å²) in [5.41, 5.74) is 6.04. The topological polar surface area (TPSA) is 98.2 Å². The fourth-order valence-corrected chi connectivity index (χ4v) is 3.72. The molecule has 0 aliphatic heterocycles. The van der Waals surface area contributed by atoms with Crippen molar-refractivity contribution in [3.8, 4) is 0 Å². The summed E-state index contributed by atoms with van der Waals surface area (Å²) in [4.78, 5) is 0.937. The molecule has 18 heavy (non-hydrogen) atoms. The van der Waals surface area contributed by atoms with Crippen LogP contribution in [0.2, 0.25) is 0 Å². The van der Waals surface area contributed by atoms with Crippen molar-refractivity contribution in [1.82, 2.24) is 5.16 Å². The Hall–Kier alpha value is -1.38. The number of aromatic nitrogens is 1. The van der Waals surface area contributed by atoms with Crippen LogP contribution < -0.4 is 10.5 Å². The Morgan fingerprint density at radius 3 is 2.89 bits per heavy atom. The second kappa shape index (κ2) is 5.09. The zero-order valence-electron chi connectivity index (χ0n) is 9.71. The fourth-order valence-electron chi connectivity index (χ4n) is 1.37. The van der Waals surface area contributed by atoms with Crippen LogP contribution in [0.1, 0.15) is 10.6 Å². The molecule has 2 rings (SSSR count). The summed E-state index contributed by atoms with van der Waals surface area (Å²) in [6, 6.07) is 4.84. The van der Waals surface area contributed by atoms with Gasteiger partial charge in [-0.2, -0.15) is 0 Å². The van der Waals surface area contributed by atoms with Crippen LogP contribution >= 0.6 is 11.3 Å². The second-order valence-corrected chi connectivity index (χ2v) is 6.78. The van der Waals surface area contributed by atoms with Crippen LogP contribution in [0, 0.1) is 6.92 Å². The largest absolute Gasteiger partial charge is 0.338 e. The predicted molar refractivity (Wildman–Crippen MR) is 69.1 cm³/mol. The predicted octanol–water partition coefficient (Wildman–Crippen LogP) is 1.35. The molecule has 2 aromatic rings. The molecule has 0 unspecified atom stereocenters. The lowest BCUT2D eigenvalue weighted by Crippen LogP contribution is -2.10. The van der Waals surface area contributed by atoms with Gasteiger partial charge in [-0.1, -0.05) is 5.16 Å². The second-order valence-electron chi connectivity index (χ2n) is 3.70. The summed E-state index contributed by atoms with van der Waals surface area (Å²) < 4.78 is 31.4. The van der Waals surface area contributed by atoms with Crippen molar-refractivity contribution in [1.29, 1.82) is 0 Å². The first-order valence-electron chi connectivity index (χ1n) is 5.26. The van der Waals surface area contributed by atoms with E-state index in [1.54, 1.807) is 19.1 Å². The van der Waals surface area contributed by atoms with E-state index >= 15 is 0 Å². The van der Waals surface area contributed by atoms with Crippen molar-refractivity contribution in [2.75, 3.05) is 11.3 Å². The van der Waals surface area contributed by atoms with Crippen LogP contribution in [0.4, 0.5) is 5.88 Å². The van der Waals surface area contributed by atoms with E-state index in [0.29, 0.717) is 18.7 Å². The van der Waals surface area contributed by atoms with Gasteiger partial charge in [0.2, 0.25) is 5.88 Å². The van der Waals surface area contributed by atoms with E-state index in [9.17, 15) is 8.42 Å². The third kappa shape index (κ3) is 2.89. The van der Waals surface area contributed by atoms with Gasteiger partial charge in [-0.25, -0.2) is 13.1 Å². The third-order valence-electron chi connectivity index (χ3n) is 2.16. The minimum atomic E-state index is -3.60. The first-order chi connectivity index (χ1) is 8.51. The summed E-state index contributed by atoms with van der Waals surface area (Å²) in [7, 11) is -3.60. The molecular weight excluding hydrogens is 274 g/mol. The van der Waals surface area contributed by atoms with Gasteiger partial charge in [0.15, 0.2) is 0 Å². The molecule has 0 spiro atoms. The maximum absolute atomic E-state index is 12.0. The third-order valence-corrected chi connectivity index (χ3v) is 5.14. The van der Waals surface area contributed by atoms with E-state index in [-0.39, 0.29) is 10.1 Å². The molecule has 0 fully saturated rings. The highest BCUT2D eigenvalue weighted by atomic mass is 32.2. The highest BCUT2D eigenvalue weighted by molar-refractivity contribution is 7.94. The van der Waals surface area contributed by atoms with E-state index in [1.165, 1.54) is 17.4 Å². The van der Waals surface area contributed by atoms with Crippen LogP contribution in [0.25, 0.3) is 0 Å². The zero-order chi connectivity index (χ0) is 13.2. The quantitative estimate of drug-likeness (QED) is 0.865. The summed E-state index contributed by atoms with van der Waals surface area (Å²) in [5.74, 6) is 0.112. The van der Waals surface area contributed by atoms with Crippen LogP contribution in [0.5, 0.6) is 0 Å². The molecule has 8 heteroatoms. The van der Waals surface area contributed by atoms with Gasteiger partial charge in [0.05, 0.1) is 5.69 Å². The molecule has 98 valence electrons. The lowest BCUT2D eigenvalue weighted by Gasteiger charge is -2.00. The van der Waals surface area contributed by atoms with Gasteiger partial charge in [-0.15, -0.1) is 11.3 Å². The number of anilines is 1. The lowest BCUT2D eigenvalue weighted by molar-refractivity contribution is 0.430. The monoisotopic (exact) mass is 287 g/mol. The van der Waals surface area contributed by atoms with Crippen molar-refractivity contribution in [3.63, 3.8) is 0 Å². The fraction of sp³-hybridized carbons (Fsp3) is 0.300. The van der Waals surface area contributed by atoms with Crippen LogP contribution in [-0.2, 0) is 16.4 Å². The Kier molecular flexibility index (Phi) is 3.69. The average Bonchev–Trinajstić information content (AvgIpc) is 2.88. The smallest absolute Gasteiger partial charge is 0.273 e. The number of sulfonamides is 1. The molecule has 2 aromatic heterocycles. The standard InChI is InChI=1S/C10H13N3O3S2/c1-7-6-9(16-12-7)13-18(14,15)10-3-2-8(17-10)4-5-11/h2-3,6,13H,4-5,11H2,1H3. The van der Waals surface area contributed by atoms with Gasteiger partial charge in [-0.05, 0) is 32.0 Å². The Bertz CT molecular complexity index is 630. The molecule has 0 aliphatic rings. The molecule has 6 nitrogen and oxygen atoms in total. The number of thiophene rings is 1. The Balaban J connectivity index is 2.19. The van der Waals surface area contributed by atoms with Gasteiger partial charge in [-0.3, -0.25) is 0 Å². The maximum Gasteiger partial charge on any atom is 0.273 e. The summed E-state index contributed by atoms with van der Waals surface area (Å²) >= 11 is 1.20. The Labute approximate surface area is 109 Å². The van der Waals surface area contributed by atoms with Gasteiger partial charge >= 0.3 is 0 Å². The molecule has 2 heterocycles. The number of rotatable bonds is 5. The Morgan fingerprint density at radius 1 is 1.50 bits per heavy atom. The van der Waals surface area contributed by atoms with E-state index in [1.807, 2.05) is 0 Å².